The molecule has 6 atom stereocenters. The Hall–Kier alpha value is -2.09. The standard InChI is InChI=1S/C22H34ClFN7O6P/c1-11(2)36-20(33)12(3)30-38(34)35-9-22(8-23)16(32)14(24)19(37-22)31-10-26-15-17(27-13-6-4-5-7-13)28-21(25)29-18(15)31/h10-14,16,19,32,38H,4-9H2,1-3H3,(H,30,34)(H3,25,27,28,29)/t12-,14+,16-,19+,22+/m0/s1. The molecule has 0 bridgehead atoms. The number of halogens is 2. The average Bonchev–Trinajstić information content (AvgIpc) is 3.58. The number of carbonyl (C=O) groups is 1. The molecular formula is C22H34ClFN7O6P. The van der Waals surface area contributed by atoms with Gasteiger partial charge in [0, 0.05) is 6.04 Å². The van der Waals surface area contributed by atoms with Gasteiger partial charge in [0.05, 0.1) is 24.9 Å². The third kappa shape index (κ3) is 6.05. The first-order valence-corrected chi connectivity index (χ1v) is 14.4. The Morgan fingerprint density at radius 2 is 2.11 bits per heavy atom. The fourth-order valence-electron chi connectivity index (χ4n) is 4.58. The molecular weight excluding hydrogens is 544 g/mol. The van der Waals surface area contributed by atoms with Crippen molar-refractivity contribution in [3.63, 3.8) is 0 Å². The zero-order valence-electron chi connectivity index (χ0n) is 21.4. The lowest BCUT2D eigenvalue weighted by Crippen LogP contribution is -2.47. The quantitative estimate of drug-likeness (QED) is 0.174. The number of aromatic nitrogens is 4. The minimum absolute atomic E-state index is 0.0320. The third-order valence-electron chi connectivity index (χ3n) is 6.59. The van der Waals surface area contributed by atoms with Crippen molar-refractivity contribution in [1.29, 1.82) is 0 Å². The average molecular weight is 578 g/mol. The number of hydrogen-bond donors (Lipinski definition) is 4. The molecule has 0 amide bonds. The molecule has 212 valence electrons. The van der Waals surface area contributed by atoms with E-state index in [4.69, 9.17) is 31.3 Å². The second-order valence-electron chi connectivity index (χ2n) is 9.90. The number of esters is 1. The van der Waals surface area contributed by atoms with E-state index in [1.54, 1.807) is 13.8 Å². The van der Waals surface area contributed by atoms with Gasteiger partial charge in [-0.3, -0.25) is 13.9 Å². The van der Waals surface area contributed by atoms with Crippen LogP contribution in [0, 0.1) is 0 Å². The highest BCUT2D eigenvalue weighted by Gasteiger charge is 2.56. The topological polar surface area (TPSA) is 176 Å². The fraction of sp³-hybridized carbons (Fsp3) is 0.727. The summed E-state index contributed by atoms with van der Waals surface area (Å²) in [6.07, 6.45) is 0.139. The number of aliphatic hydroxyl groups excluding tert-OH is 1. The molecule has 1 saturated heterocycles. The lowest BCUT2D eigenvalue weighted by atomic mass is 9.99. The number of hydrogen-bond acceptors (Lipinski definition) is 11. The van der Waals surface area contributed by atoms with Crippen molar-refractivity contribution in [3.8, 4) is 0 Å². The van der Waals surface area contributed by atoms with Gasteiger partial charge < -0.3 is 30.2 Å². The third-order valence-corrected chi connectivity index (χ3v) is 8.12. The SMILES string of the molecule is CC(C)OC(=O)[C@H](C)N[PH](=O)OC[C@@]1(CCl)O[C@@H](n2cnc3c(NC4CCCC4)nc(N)nc32)[C@H](F)[C@@H]1O. The molecule has 1 aliphatic heterocycles. The van der Waals surface area contributed by atoms with Crippen LogP contribution in [0.2, 0.25) is 0 Å². The van der Waals surface area contributed by atoms with Crippen LogP contribution in [0.25, 0.3) is 11.2 Å². The highest BCUT2D eigenvalue weighted by atomic mass is 35.5. The van der Waals surface area contributed by atoms with Crippen LogP contribution in [0.3, 0.4) is 0 Å². The number of imidazole rings is 1. The monoisotopic (exact) mass is 577 g/mol. The van der Waals surface area contributed by atoms with Gasteiger partial charge in [0.1, 0.15) is 17.7 Å². The predicted molar refractivity (Wildman–Crippen MR) is 139 cm³/mol. The van der Waals surface area contributed by atoms with E-state index in [0.29, 0.717) is 11.3 Å². The second-order valence-corrected chi connectivity index (χ2v) is 11.3. The van der Waals surface area contributed by atoms with Gasteiger partial charge >= 0.3 is 5.97 Å². The highest BCUT2D eigenvalue weighted by Crippen LogP contribution is 2.42. The van der Waals surface area contributed by atoms with E-state index in [0.717, 1.165) is 25.7 Å². The lowest BCUT2D eigenvalue weighted by Gasteiger charge is -2.29. The van der Waals surface area contributed by atoms with Gasteiger partial charge in [-0.25, -0.2) is 14.5 Å². The van der Waals surface area contributed by atoms with E-state index in [-0.39, 0.29) is 29.6 Å². The molecule has 0 spiro atoms. The summed E-state index contributed by atoms with van der Waals surface area (Å²) >= 11 is 6.11. The summed E-state index contributed by atoms with van der Waals surface area (Å²) in [4.78, 5) is 24.8. The van der Waals surface area contributed by atoms with E-state index in [1.807, 2.05) is 0 Å². The Labute approximate surface area is 224 Å². The molecule has 0 radical (unpaired) electrons. The fourth-order valence-corrected chi connectivity index (χ4v) is 5.81. The molecule has 1 unspecified atom stereocenters. The van der Waals surface area contributed by atoms with Crippen LogP contribution in [0.15, 0.2) is 6.33 Å². The van der Waals surface area contributed by atoms with Crippen molar-refractivity contribution < 1.29 is 32.9 Å². The number of anilines is 2. The summed E-state index contributed by atoms with van der Waals surface area (Å²) in [5.74, 6) is -0.571. The maximum Gasteiger partial charge on any atom is 0.323 e. The Morgan fingerprint density at radius 3 is 2.76 bits per heavy atom. The molecule has 2 fully saturated rings. The molecule has 1 saturated carbocycles. The first kappa shape index (κ1) is 28.9. The van der Waals surface area contributed by atoms with Crippen LogP contribution >= 0.6 is 19.8 Å². The van der Waals surface area contributed by atoms with Gasteiger partial charge in [0.2, 0.25) is 5.95 Å². The van der Waals surface area contributed by atoms with Gasteiger partial charge in [0.25, 0.3) is 8.18 Å². The summed E-state index contributed by atoms with van der Waals surface area (Å²) in [6, 6.07) is -0.690. The first-order chi connectivity index (χ1) is 18.0. The summed E-state index contributed by atoms with van der Waals surface area (Å²) in [7, 11) is -3.01. The lowest BCUT2D eigenvalue weighted by molar-refractivity contribution is -0.149. The minimum atomic E-state index is -3.01. The Bertz CT molecular complexity index is 1170. The number of nitrogens with two attached hydrogens (primary N) is 1. The van der Waals surface area contributed by atoms with Crippen molar-refractivity contribution >= 4 is 48.7 Å². The van der Waals surface area contributed by atoms with E-state index < -0.39 is 50.9 Å². The highest BCUT2D eigenvalue weighted by molar-refractivity contribution is 7.36. The zero-order valence-corrected chi connectivity index (χ0v) is 23.2. The second kappa shape index (κ2) is 12.0. The van der Waals surface area contributed by atoms with Crippen LogP contribution < -0.4 is 16.1 Å². The molecule has 2 aromatic rings. The van der Waals surface area contributed by atoms with Gasteiger partial charge in [-0.15, -0.1) is 11.6 Å². The van der Waals surface area contributed by atoms with Crippen molar-refractivity contribution in [3.05, 3.63) is 6.33 Å². The number of nitrogens with one attached hydrogen (secondary N) is 2. The number of alkyl halides is 2. The Morgan fingerprint density at radius 1 is 1.39 bits per heavy atom. The van der Waals surface area contributed by atoms with Gasteiger partial charge in [-0.1, -0.05) is 12.8 Å². The molecule has 16 heteroatoms. The summed E-state index contributed by atoms with van der Waals surface area (Å²) in [5.41, 5.74) is 4.80. The minimum Gasteiger partial charge on any atom is -0.462 e. The molecule has 38 heavy (non-hydrogen) atoms. The maximum absolute atomic E-state index is 15.5. The summed E-state index contributed by atoms with van der Waals surface area (Å²) in [6.45, 7) is 4.33. The van der Waals surface area contributed by atoms with Gasteiger partial charge in [-0.2, -0.15) is 9.97 Å². The maximum atomic E-state index is 15.5. The number of aliphatic hydroxyl groups is 1. The number of rotatable bonds is 11. The molecule has 3 heterocycles. The first-order valence-electron chi connectivity index (χ1n) is 12.5. The zero-order chi connectivity index (χ0) is 27.6. The largest absolute Gasteiger partial charge is 0.462 e. The van der Waals surface area contributed by atoms with Crippen molar-refractivity contribution in [2.75, 3.05) is 23.5 Å². The number of carbonyl (C=O) groups excluding carboxylic acids is 1. The van der Waals surface area contributed by atoms with E-state index in [9.17, 15) is 14.5 Å². The van der Waals surface area contributed by atoms with E-state index in [1.165, 1.54) is 17.8 Å². The molecule has 13 nitrogen and oxygen atoms in total. The normalized spacial score (nSPS) is 27.7. The summed E-state index contributed by atoms with van der Waals surface area (Å²) < 4.78 is 45.6. The number of ether oxygens (including phenoxy) is 2. The number of fused-ring (bicyclic) bond motifs is 1. The smallest absolute Gasteiger partial charge is 0.323 e. The molecule has 1 aliphatic carbocycles. The number of nitrogens with zero attached hydrogens (tertiary/aromatic N) is 4. The molecule has 5 N–H and O–H groups in total. The Kier molecular flexibility index (Phi) is 9.11. The van der Waals surface area contributed by atoms with Gasteiger partial charge in [0.15, 0.2) is 29.4 Å². The summed E-state index contributed by atoms with van der Waals surface area (Å²) in [5, 5.41) is 16.6. The Balaban J connectivity index is 1.49. The van der Waals surface area contributed by atoms with Crippen LogP contribution in [-0.4, -0.2) is 79.1 Å². The van der Waals surface area contributed by atoms with Crippen LogP contribution in [-0.2, 0) is 23.4 Å². The number of nitrogen functional groups attached to an aromatic ring is 1. The van der Waals surface area contributed by atoms with Crippen LogP contribution in [0.5, 0.6) is 0 Å². The molecule has 2 aliphatic rings. The molecule has 4 rings (SSSR count). The molecule has 0 aromatic carbocycles. The van der Waals surface area contributed by atoms with E-state index in [2.05, 4.69) is 25.4 Å². The predicted octanol–water partition coefficient (Wildman–Crippen LogP) is 2.30. The van der Waals surface area contributed by atoms with Crippen LogP contribution in [0.4, 0.5) is 16.2 Å². The molecule has 2 aromatic heterocycles. The van der Waals surface area contributed by atoms with Gasteiger partial charge in [-0.05, 0) is 33.6 Å². The van der Waals surface area contributed by atoms with Crippen LogP contribution in [0.1, 0.15) is 52.7 Å². The van der Waals surface area contributed by atoms with Crippen molar-refractivity contribution in [1.82, 2.24) is 24.6 Å². The van der Waals surface area contributed by atoms with E-state index >= 15 is 4.39 Å². The van der Waals surface area contributed by atoms with Crippen molar-refractivity contribution in [2.24, 2.45) is 0 Å². The van der Waals surface area contributed by atoms with Crippen molar-refractivity contribution in [2.45, 2.75) is 88.7 Å².